The van der Waals surface area contributed by atoms with Crippen LogP contribution >= 0.6 is 0 Å². The number of carboxylic acid groups (broad SMARTS) is 1. The fourth-order valence-corrected chi connectivity index (χ4v) is 2.71. The zero-order valence-electron chi connectivity index (χ0n) is 15.8. The number of alkyl halides is 3. The SMILES string of the molecule is C[C@H](Oc1cc(C(=O)CC(C(=O)O)C(C)(C)C)ncc1C1CC1)C(F)(F)F. The molecule has 2 rings (SSSR count). The highest BCUT2D eigenvalue weighted by molar-refractivity contribution is 5.96. The van der Waals surface area contributed by atoms with Gasteiger partial charge in [0.05, 0.1) is 5.92 Å². The van der Waals surface area contributed by atoms with Gasteiger partial charge in [0, 0.05) is 24.2 Å². The van der Waals surface area contributed by atoms with Crippen molar-refractivity contribution in [1.82, 2.24) is 4.98 Å². The van der Waals surface area contributed by atoms with E-state index in [1.54, 1.807) is 20.8 Å². The van der Waals surface area contributed by atoms with E-state index in [4.69, 9.17) is 4.74 Å². The third-order valence-electron chi connectivity index (χ3n) is 4.70. The number of aromatic nitrogens is 1. The summed E-state index contributed by atoms with van der Waals surface area (Å²) in [5.74, 6) is -2.51. The standard InChI is InChI=1S/C19H24F3NO4/c1-10(19(20,21)22)27-16-8-14(23-9-12(16)11-5-6-11)15(24)7-13(17(25)26)18(2,3)4/h8-11,13H,5-7H2,1-4H3,(H,25,26)/t10-,13?/m0/s1. The summed E-state index contributed by atoms with van der Waals surface area (Å²) in [6.45, 7) is 6.03. The largest absolute Gasteiger partial charge is 0.481 e. The van der Waals surface area contributed by atoms with Gasteiger partial charge in [0.15, 0.2) is 11.9 Å². The summed E-state index contributed by atoms with van der Waals surface area (Å²) in [4.78, 5) is 28.1. The molecule has 0 bridgehead atoms. The number of hydrogen-bond acceptors (Lipinski definition) is 4. The number of Topliss-reactive ketones (excluding diaryl/α,β-unsaturated/α-hetero) is 1. The minimum Gasteiger partial charge on any atom is -0.481 e. The third-order valence-corrected chi connectivity index (χ3v) is 4.70. The maximum Gasteiger partial charge on any atom is 0.425 e. The Hall–Kier alpha value is -2.12. The van der Waals surface area contributed by atoms with E-state index in [2.05, 4.69) is 4.98 Å². The first-order valence-electron chi connectivity index (χ1n) is 8.80. The summed E-state index contributed by atoms with van der Waals surface area (Å²) in [6.07, 6.45) is -3.82. The van der Waals surface area contributed by atoms with E-state index in [9.17, 15) is 27.9 Å². The molecule has 0 aromatic carbocycles. The van der Waals surface area contributed by atoms with Crippen molar-refractivity contribution in [2.45, 2.75) is 65.2 Å². The monoisotopic (exact) mass is 387 g/mol. The van der Waals surface area contributed by atoms with Crippen LogP contribution in [0, 0.1) is 11.3 Å². The predicted octanol–water partition coefficient (Wildman–Crippen LogP) is 4.61. The number of rotatable bonds is 7. The number of ether oxygens (including phenoxy) is 1. The Balaban J connectivity index is 2.28. The number of carboxylic acids is 1. The minimum atomic E-state index is -4.53. The fraction of sp³-hybridized carbons (Fsp3) is 0.632. The lowest BCUT2D eigenvalue weighted by Gasteiger charge is -2.26. The van der Waals surface area contributed by atoms with E-state index in [0.717, 1.165) is 19.8 Å². The average Bonchev–Trinajstić information content (AvgIpc) is 3.34. The van der Waals surface area contributed by atoms with Crippen molar-refractivity contribution in [2.24, 2.45) is 11.3 Å². The minimum absolute atomic E-state index is 0.0108. The fourth-order valence-electron chi connectivity index (χ4n) is 2.71. The van der Waals surface area contributed by atoms with Crippen LogP contribution in [0.3, 0.4) is 0 Å². The molecule has 8 heteroatoms. The summed E-state index contributed by atoms with van der Waals surface area (Å²) >= 11 is 0. The van der Waals surface area contributed by atoms with Crippen molar-refractivity contribution >= 4 is 11.8 Å². The Morgan fingerprint density at radius 1 is 1.30 bits per heavy atom. The third kappa shape index (κ3) is 5.43. The van der Waals surface area contributed by atoms with Gasteiger partial charge in [0.2, 0.25) is 0 Å². The van der Waals surface area contributed by atoms with Crippen LogP contribution in [-0.4, -0.2) is 34.1 Å². The van der Waals surface area contributed by atoms with E-state index < -0.39 is 35.4 Å². The summed E-state index contributed by atoms with van der Waals surface area (Å²) in [5, 5.41) is 9.37. The number of carbonyl (C=O) groups excluding carboxylic acids is 1. The van der Waals surface area contributed by atoms with Gasteiger partial charge in [-0.25, -0.2) is 0 Å². The number of carbonyl (C=O) groups is 2. The topological polar surface area (TPSA) is 76.5 Å². The molecule has 150 valence electrons. The highest BCUT2D eigenvalue weighted by atomic mass is 19.4. The van der Waals surface area contributed by atoms with E-state index in [0.29, 0.717) is 5.56 Å². The number of nitrogens with zero attached hydrogens (tertiary/aromatic N) is 1. The first-order valence-corrected chi connectivity index (χ1v) is 8.80. The quantitative estimate of drug-likeness (QED) is 0.692. The first kappa shape index (κ1) is 21.2. The van der Waals surface area contributed by atoms with E-state index in [1.807, 2.05) is 0 Å². The van der Waals surface area contributed by atoms with Crippen LogP contribution in [0.25, 0.3) is 0 Å². The molecular formula is C19H24F3NO4. The van der Waals surface area contributed by atoms with Gasteiger partial charge in [0.25, 0.3) is 0 Å². The molecular weight excluding hydrogens is 363 g/mol. The zero-order chi connectivity index (χ0) is 20.6. The van der Waals surface area contributed by atoms with Crippen LogP contribution in [0.5, 0.6) is 5.75 Å². The number of halogens is 3. The molecule has 1 aromatic rings. The molecule has 1 aromatic heterocycles. The van der Waals surface area contributed by atoms with Gasteiger partial charge in [-0.05, 0) is 31.1 Å². The van der Waals surface area contributed by atoms with Crippen molar-refractivity contribution in [3.8, 4) is 5.75 Å². The molecule has 0 spiro atoms. The molecule has 1 N–H and O–H groups in total. The molecule has 2 atom stereocenters. The number of aliphatic carboxylic acids is 1. The smallest absolute Gasteiger partial charge is 0.425 e. The maximum absolute atomic E-state index is 12.9. The Morgan fingerprint density at radius 2 is 1.89 bits per heavy atom. The average molecular weight is 387 g/mol. The van der Waals surface area contributed by atoms with Gasteiger partial charge in [-0.1, -0.05) is 20.8 Å². The van der Waals surface area contributed by atoms with Gasteiger partial charge in [-0.3, -0.25) is 14.6 Å². The van der Waals surface area contributed by atoms with Crippen LogP contribution in [-0.2, 0) is 4.79 Å². The lowest BCUT2D eigenvalue weighted by molar-refractivity contribution is -0.189. The Bertz CT molecular complexity index is 721. The second kappa shape index (κ2) is 7.48. The van der Waals surface area contributed by atoms with Crippen LogP contribution in [0.15, 0.2) is 12.3 Å². The summed E-state index contributed by atoms with van der Waals surface area (Å²) < 4.78 is 43.7. The normalized spacial score (nSPS) is 17.3. The van der Waals surface area contributed by atoms with Gasteiger partial charge in [0.1, 0.15) is 11.4 Å². The van der Waals surface area contributed by atoms with E-state index >= 15 is 0 Å². The molecule has 0 amide bonds. The van der Waals surface area contributed by atoms with E-state index in [1.165, 1.54) is 12.3 Å². The van der Waals surface area contributed by atoms with Crippen molar-refractivity contribution in [1.29, 1.82) is 0 Å². The molecule has 1 aliphatic carbocycles. The molecule has 0 radical (unpaired) electrons. The molecule has 0 saturated heterocycles. The van der Waals surface area contributed by atoms with Crippen molar-refractivity contribution in [3.05, 3.63) is 23.5 Å². The molecule has 1 fully saturated rings. The second-order valence-electron chi connectivity index (χ2n) is 8.07. The molecule has 0 aliphatic heterocycles. The molecule has 1 heterocycles. The second-order valence-corrected chi connectivity index (χ2v) is 8.07. The predicted molar refractivity (Wildman–Crippen MR) is 91.9 cm³/mol. The molecule has 5 nitrogen and oxygen atoms in total. The van der Waals surface area contributed by atoms with Crippen LogP contribution < -0.4 is 4.74 Å². The Labute approximate surface area is 155 Å². The summed E-state index contributed by atoms with van der Waals surface area (Å²) in [5.41, 5.74) is -0.188. The highest BCUT2D eigenvalue weighted by Gasteiger charge is 2.40. The van der Waals surface area contributed by atoms with Gasteiger partial charge in [-0.2, -0.15) is 13.2 Å². The maximum atomic E-state index is 12.9. The molecule has 1 aliphatic rings. The van der Waals surface area contributed by atoms with Gasteiger partial charge < -0.3 is 9.84 Å². The number of pyridine rings is 1. The van der Waals surface area contributed by atoms with Crippen LogP contribution in [0.1, 0.15) is 68.9 Å². The van der Waals surface area contributed by atoms with Crippen molar-refractivity contribution in [3.63, 3.8) is 0 Å². The van der Waals surface area contributed by atoms with Crippen molar-refractivity contribution < 1.29 is 32.6 Å². The Morgan fingerprint density at radius 3 is 2.33 bits per heavy atom. The zero-order valence-corrected chi connectivity index (χ0v) is 15.8. The van der Waals surface area contributed by atoms with E-state index in [-0.39, 0.29) is 23.8 Å². The lowest BCUT2D eigenvalue weighted by Crippen LogP contribution is -2.32. The molecule has 27 heavy (non-hydrogen) atoms. The van der Waals surface area contributed by atoms with Crippen molar-refractivity contribution in [2.75, 3.05) is 0 Å². The highest BCUT2D eigenvalue weighted by Crippen LogP contribution is 2.45. The summed E-state index contributed by atoms with van der Waals surface area (Å²) in [7, 11) is 0. The van der Waals surface area contributed by atoms with Gasteiger partial charge in [-0.15, -0.1) is 0 Å². The number of ketones is 1. The Kier molecular flexibility index (Phi) is 5.87. The van der Waals surface area contributed by atoms with Gasteiger partial charge >= 0.3 is 12.1 Å². The first-order chi connectivity index (χ1) is 12.3. The van der Waals surface area contributed by atoms with Crippen LogP contribution in [0.2, 0.25) is 0 Å². The lowest BCUT2D eigenvalue weighted by atomic mass is 9.77. The van der Waals surface area contributed by atoms with Crippen LogP contribution in [0.4, 0.5) is 13.2 Å². The molecule has 1 unspecified atom stereocenters. The molecule has 1 saturated carbocycles. The summed E-state index contributed by atoms with van der Waals surface area (Å²) in [6, 6.07) is 1.21. The number of hydrogen-bond donors (Lipinski definition) is 1.